The number of carbonyl (C=O) groups excluding carboxylic acids is 1. The number of aliphatic hydroxyl groups is 2. The maximum absolute atomic E-state index is 11.7. The first-order valence-corrected chi connectivity index (χ1v) is 9.61. The molecule has 1 amide bonds. The minimum absolute atomic E-state index is 0.262. The highest BCUT2D eigenvalue weighted by Crippen LogP contribution is 2.27. The number of nitrogens with one attached hydrogen (secondary N) is 1. The van der Waals surface area contributed by atoms with Gasteiger partial charge in [-0.25, -0.2) is 0 Å². The summed E-state index contributed by atoms with van der Waals surface area (Å²) in [6.45, 7) is 1.55. The van der Waals surface area contributed by atoms with Crippen molar-refractivity contribution >= 4 is 5.91 Å². The number of hydrogen-bond donors (Lipinski definition) is 3. The number of ether oxygens (including phenoxy) is 3. The van der Waals surface area contributed by atoms with Gasteiger partial charge in [0.15, 0.2) is 6.29 Å². The molecule has 0 radical (unpaired) electrons. The van der Waals surface area contributed by atoms with E-state index >= 15 is 0 Å². The Bertz CT molecular complexity index is 756. The Morgan fingerprint density at radius 1 is 0.966 bits per heavy atom. The van der Waals surface area contributed by atoms with E-state index in [-0.39, 0.29) is 25.7 Å². The summed E-state index contributed by atoms with van der Waals surface area (Å²) < 4.78 is 17.7. The van der Waals surface area contributed by atoms with Crippen LogP contribution in [0.1, 0.15) is 18.1 Å². The number of hydrogen-bond acceptors (Lipinski definition) is 6. The molecule has 0 spiro atoms. The summed E-state index contributed by atoms with van der Waals surface area (Å²) in [4.78, 5) is 11.7. The SMILES string of the molecule is CC(=O)NC1C(O)OC(CO)C(OCc2ccccc2)C1OCc1ccccc1. The van der Waals surface area contributed by atoms with Gasteiger partial charge in [0.2, 0.25) is 5.91 Å². The molecule has 5 unspecified atom stereocenters. The Morgan fingerprint density at radius 2 is 1.48 bits per heavy atom. The van der Waals surface area contributed by atoms with Crippen molar-refractivity contribution in [3.8, 4) is 0 Å². The fourth-order valence-electron chi connectivity index (χ4n) is 3.39. The second-order valence-corrected chi connectivity index (χ2v) is 7.00. The van der Waals surface area contributed by atoms with Gasteiger partial charge >= 0.3 is 0 Å². The van der Waals surface area contributed by atoms with Crippen molar-refractivity contribution in [3.63, 3.8) is 0 Å². The van der Waals surface area contributed by atoms with Gasteiger partial charge in [-0.05, 0) is 11.1 Å². The van der Waals surface area contributed by atoms with Crippen molar-refractivity contribution < 1.29 is 29.2 Å². The highest BCUT2D eigenvalue weighted by atomic mass is 16.6. The van der Waals surface area contributed by atoms with Crippen molar-refractivity contribution in [2.75, 3.05) is 6.61 Å². The van der Waals surface area contributed by atoms with Crippen LogP contribution in [0.15, 0.2) is 60.7 Å². The predicted molar refractivity (Wildman–Crippen MR) is 106 cm³/mol. The molecular weight excluding hydrogens is 374 g/mol. The summed E-state index contributed by atoms with van der Waals surface area (Å²) in [5.74, 6) is -0.324. The maximum Gasteiger partial charge on any atom is 0.217 e. The van der Waals surface area contributed by atoms with Gasteiger partial charge in [0.1, 0.15) is 24.4 Å². The molecule has 5 atom stereocenters. The molecule has 1 heterocycles. The number of amides is 1. The highest BCUT2D eigenvalue weighted by molar-refractivity contribution is 5.73. The third kappa shape index (κ3) is 5.85. The van der Waals surface area contributed by atoms with E-state index in [9.17, 15) is 15.0 Å². The second-order valence-electron chi connectivity index (χ2n) is 7.00. The molecule has 2 aromatic rings. The highest BCUT2D eigenvalue weighted by Gasteiger charge is 2.47. The molecule has 156 valence electrons. The monoisotopic (exact) mass is 401 g/mol. The molecular formula is C22H27NO6. The lowest BCUT2D eigenvalue weighted by atomic mass is 9.96. The number of benzene rings is 2. The van der Waals surface area contributed by atoms with Gasteiger partial charge in [0.05, 0.1) is 19.8 Å². The van der Waals surface area contributed by atoms with E-state index < -0.39 is 30.6 Å². The molecule has 0 aliphatic carbocycles. The zero-order valence-corrected chi connectivity index (χ0v) is 16.3. The fraction of sp³-hybridized carbons (Fsp3) is 0.409. The third-order valence-electron chi connectivity index (χ3n) is 4.79. The summed E-state index contributed by atoms with van der Waals surface area (Å²) in [6, 6.07) is 18.3. The molecule has 7 heteroatoms. The first-order chi connectivity index (χ1) is 14.1. The summed E-state index contributed by atoms with van der Waals surface area (Å²) in [7, 11) is 0. The van der Waals surface area contributed by atoms with Gasteiger partial charge in [-0.1, -0.05) is 60.7 Å². The van der Waals surface area contributed by atoms with E-state index in [1.807, 2.05) is 60.7 Å². The van der Waals surface area contributed by atoms with Crippen LogP contribution in [-0.4, -0.2) is 53.4 Å². The van der Waals surface area contributed by atoms with E-state index in [1.165, 1.54) is 6.92 Å². The number of rotatable bonds is 8. The van der Waals surface area contributed by atoms with Crippen molar-refractivity contribution in [2.45, 2.75) is 50.8 Å². The van der Waals surface area contributed by atoms with Gasteiger partial charge in [-0.2, -0.15) is 0 Å². The molecule has 1 aliphatic heterocycles. The lowest BCUT2D eigenvalue weighted by Gasteiger charge is -2.44. The second kappa shape index (κ2) is 10.5. The Labute approximate surface area is 170 Å². The van der Waals surface area contributed by atoms with Gasteiger partial charge in [0, 0.05) is 6.92 Å². The van der Waals surface area contributed by atoms with Crippen LogP contribution in [0, 0.1) is 0 Å². The van der Waals surface area contributed by atoms with Crippen LogP contribution in [0.4, 0.5) is 0 Å². The first-order valence-electron chi connectivity index (χ1n) is 9.61. The standard InChI is InChI=1S/C22H27NO6/c1-15(25)23-19-21(28-14-17-10-6-3-7-11-17)20(18(12-24)29-22(19)26)27-13-16-8-4-2-5-9-16/h2-11,18-22,24,26H,12-14H2,1H3,(H,23,25). The van der Waals surface area contributed by atoms with E-state index in [0.717, 1.165) is 11.1 Å². The fourth-order valence-corrected chi connectivity index (χ4v) is 3.39. The van der Waals surface area contributed by atoms with Gasteiger partial charge in [-0.3, -0.25) is 4.79 Å². The van der Waals surface area contributed by atoms with E-state index in [0.29, 0.717) is 0 Å². The quantitative estimate of drug-likeness (QED) is 0.618. The molecule has 29 heavy (non-hydrogen) atoms. The number of carbonyl (C=O) groups is 1. The lowest BCUT2D eigenvalue weighted by molar-refractivity contribution is -0.275. The minimum Gasteiger partial charge on any atom is -0.394 e. The minimum atomic E-state index is -1.33. The van der Waals surface area contributed by atoms with E-state index in [1.54, 1.807) is 0 Å². The van der Waals surface area contributed by atoms with Crippen LogP contribution >= 0.6 is 0 Å². The van der Waals surface area contributed by atoms with E-state index in [4.69, 9.17) is 14.2 Å². The lowest BCUT2D eigenvalue weighted by Crippen LogP contribution is -2.65. The normalized spacial score (nSPS) is 26.8. The van der Waals surface area contributed by atoms with Crippen LogP contribution < -0.4 is 5.32 Å². The Morgan fingerprint density at radius 3 is 1.97 bits per heavy atom. The molecule has 7 nitrogen and oxygen atoms in total. The van der Waals surface area contributed by atoms with Gasteiger partial charge in [0.25, 0.3) is 0 Å². The molecule has 1 aliphatic rings. The Balaban J connectivity index is 1.80. The van der Waals surface area contributed by atoms with Crippen LogP contribution in [0.25, 0.3) is 0 Å². The molecule has 0 saturated carbocycles. The number of aliphatic hydroxyl groups excluding tert-OH is 2. The average Bonchev–Trinajstić information content (AvgIpc) is 2.74. The topological polar surface area (TPSA) is 97.3 Å². The molecule has 1 fully saturated rings. The smallest absolute Gasteiger partial charge is 0.217 e. The van der Waals surface area contributed by atoms with Crippen LogP contribution in [0.2, 0.25) is 0 Å². The summed E-state index contributed by atoms with van der Waals surface area (Å²) in [6.07, 6.45) is -3.53. The van der Waals surface area contributed by atoms with Crippen LogP contribution in [0.5, 0.6) is 0 Å². The zero-order valence-electron chi connectivity index (χ0n) is 16.3. The largest absolute Gasteiger partial charge is 0.394 e. The predicted octanol–water partition coefficient (Wildman–Crippen LogP) is 1.37. The third-order valence-corrected chi connectivity index (χ3v) is 4.79. The average molecular weight is 401 g/mol. The summed E-state index contributed by atoms with van der Waals surface area (Å²) in [5.41, 5.74) is 1.89. The van der Waals surface area contributed by atoms with Crippen LogP contribution in [-0.2, 0) is 32.2 Å². The van der Waals surface area contributed by atoms with Crippen molar-refractivity contribution in [2.24, 2.45) is 0 Å². The van der Waals surface area contributed by atoms with Crippen molar-refractivity contribution in [3.05, 3.63) is 71.8 Å². The molecule has 2 aromatic carbocycles. The Kier molecular flexibility index (Phi) is 7.74. The van der Waals surface area contributed by atoms with Gasteiger partial charge < -0.3 is 29.7 Å². The maximum atomic E-state index is 11.7. The molecule has 0 aromatic heterocycles. The molecule has 3 rings (SSSR count). The molecule has 0 bridgehead atoms. The van der Waals surface area contributed by atoms with E-state index in [2.05, 4.69) is 5.32 Å². The molecule has 1 saturated heterocycles. The summed E-state index contributed by atoms with van der Waals surface area (Å²) in [5, 5.41) is 22.9. The zero-order chi connectivity index (χ0) is 20.6. The Hall–Kier alpha value is -2.29. The summed E-state index contributed by atoms with van der Waals surface area (Å²) >= 11 is 0. The van der Waals surface area contributed by atoms with Gasteiger partial charge in [-0.15, -0.1) is 0 Å². The first kappa shape index (κ1) is 21.4. The van der Waals surface area contributed by atoms with Crippen molar-refractivity contribution in [1.82, 2.24) is 5.32 Å². The molecule has 3 N–H and O–H groups in total. The van der Waals surface area contributed by atoms with Crippen LogP contribution in [0.3, 0.4) is 0 Å². The van der Waals surface area contributed by atoms with Crippen molar-refractivity contribution in [1.29, 1.82) is 0 Å².